The number of alkyl halides is 2. The molecule has 1 saturated heterocycles. The highest BCUT2D eigenvalue weighted by molar-refractivity contribution is 7.13. The average molecular weight is 453 g/mol. The quantitative estimate of drug-likeness (QED) is 0.533. The zero-order valence-electron chi connectivity index (χ0n) is 17.3. The van der Waals surface area contributed by atoms with Crippen molar-refractivity contribution in [2.24, 2.45) is 11.8 Å². The molecule has 0 radical (unpaired) electrons. The lowest BCUT2D eigenvalue weighted by Crippen LogP contribution is -2.49. The molecule has 1 aliphatic rings. The molecule has 6 heteroatoms. The van der Waals surface area contributed by atoms with Crippen LogP contribution in [0.1, 0.15) is 46.8 Å². The Labute approximate surface area is 188 Å². The number of nitrogens with zero attached hydrogens (tertiary/aromatic N) is 1. The van der Waals surface area contributed by atoms with E-state index in [1.165, 1.54) is 0 Å². The first kappa shape index (κ1) is 22.6. The largest absolute Gasteiger partial charge is 0.347 e. The third kappa shape index (κ3) is 5.75. The third-order valence-electron chi connectivity index (χ3n) is 5.80. The summed E-state index contributed by atoms with van der Waals surface area (Å²) in [6.45, 7) is 9.08. The Morgan fingerprint density at radius 3 is 2.38 bits per heavy atom. The normalized spacial score (nSPS) is 17.4. The number of hydrogen-bond donors (Lipinski definition) is 1. The van der Waals surface area contributed by atoms with Gasteiger partial charge >= 0.3 is 0 Å². The van der Waals surface area contributed by atoms with Crippen LogP contribution in [-0.2, 0) is 4.33 Å². The zero-order valence-corrected chi connectivity index (χ0v) is 19.7. The molecule has 1 aliphatic heterocycles. The third-order valence-corrected chi connectivity index (χ3v) is 7.85. The lowest BCUT2D eigenvalue weighted by atomic mass is 9.88. The highest BCUT2D eigenvalue weighted by Crippen LogP contribution is 2.45. The lowest BCUT2D eigenvalue weighted by molar-refractivity contribution is 0.0895. The van der Waals surface area contributed by atoms with Gasteiger partial charge in [0.25, 0.3) is 5.91 Å². The van der Waals surface area contributed by atoms with Gasteiger partial charge < -0.3 is 10.2 Å². The highest BCUT2D eigenvalue weighted by atomic mass is 35.5. The number of halogens is 2. The van der Waals surface area contributed by atoms with Crippen molar-refractivity contribution in [3.05, 3.63) is 57.8 Å². The minimum Gasteiger partial charge on any atom is -0.347 e. The van der Waals surface area contributed by atoms with Crippen molar-refractivity contribution in [1.29, 1.82) is 0 Å². The summed E-state index contributed by atoms with van der Waals surface area (Å²) in [6.07, 6.45) is 1.90. The number of likely N-dealkylation sites (tertiary alicyclic amines) is 1. The van der Waals surface area contributed by atoms with Gasteiger partial charge in [0, 0.05) is 17.5 Å². The molecular formula is C23H30Cl2N2OS. The second kappa shape index (κ2) is 9.82. The van der Waals surface area contributed by atoms with E-state index in [-0.39, 0.29) is 17.9 Å². The van der Waals surface area contributed by atoms with Crippen molar-refractivity contribution >= 4 is 40.4 Å². The molecule has 1 aromatic carbocycles. The van der Waals surface area contributed by atoms with Gasteiger partial charge in [0.2, 0.25) is 0 Å². The van der Waals surface area contributed by atoms with E-state index < -0.39 is 4.33 Å². The average Bonchev–Trinajstić information content (AvgIpc) is 3.15. The maximum absolute atomic E-state index is 12.6. The number of thiophene rings is 1. The van der Waals surface area contributed by atoms with Gasteiger partial charge in [-0.1, -0.05) is 67.4 Å². The molecule has 2 aromatic rings. The minimum absolute atomic E-state index is 0.0290. The number of piperidine rings is 1. The van der Waals surface area contributed by atoms with Gasteiger partial charge in [0.1, 0.15) is 4.33 Å². The summed E-state index contributed by atoms with van der Waals surface area (Å²) in [5.41, 5.74) is 0.973. The molecular weight excluding hydrogens is 423 g/mol. The maximum atomic E-state index is 12.6. The predicted molar refractivity (Wildman–Crippen MR) is 124 cm³/mol. The molecule has 1 atom stereocenters. The summed E-state index contributed by atoms with van der Waals surface area (Å²) in [4.78, 5) is 17.0. The summed E-state index contributed by atoms with van der Waals surface area (Å²) in [5, 5.41) is 3.24. The standard InChI is InChI=1S/C23H30Cl2N2OS/c1-16(2)20(26-22(28)21-10-9-17(3)29-21)15-27-13-11-19(12-14-27)23(24,25)18-7-5-4-6-8-18/h4-10,16,19-20H,11-15H2,1-3H3,(H,26,28)/t20-/m0/s1. The first-order chi connectivity index (χ1) is 13.8. The van der Waals surface area contributed by atoms with E-state index in [0.29, 0.717) is 5.92 Å². The van der Waals surface area contributed by atoms with E-state index in [1.54, 1.807) is 11.3 Å². The van der Waals surface area contributed by atoms with Crippen LogP contribution in [0.4, 0.5) is 0 Å². The molecule has 3 rings (SSSR count). The van der Waals surface area contributed by atoms with Crippen molar-refractivity contribution < 1.29 is 4.79 Å². The fraction of sp³-hybridized carbons (Fsp3) is 0.522. The number of carbonyl (C=O) groups excluding carboxylic acids is 1. The van der Waals surface area contributed by atoms with Crippen molar-refractivity contribution in [3.63, 3.8) is 0 Å². The smallest absolute Gasteiger partial charge is 0.261 e. The predicted octanol–water partition coefficient (Wildman–Crippen LogP) is 5.85. The Bertz CT molecular complexity index is 798. The number of carbonyl (C=O) groups is 1. The van der Waals surface area contributed by atoms with Crippen LogP contribution in [0.15, 0.2) is 42.5 Å². The Morgan fingerprint density at radius 1 is 1.17 bits per heavy atom. The summed E-state index contributed by atoms with van der Waals surface area (Å²) >= 11 is 15.1. The van der Waals surface area contributed by atoms with Gasteiger partial charge in [-0.15, -0.1) is 11.3 Å². The van der Waals surface area contributed by atoms with E-state index in [4.69, 9.17) is 23.2 Å². The Hall–Kier alpha value is -1.07. The van der Waals surface area contributed by atoms with E-state index in [0.717, 1.165) is 47.8 Å². The number of aryl methyl sites for hydroxylation is 1. The Balaban J connectivity index is 1.56. The van der Waals surface area contributed by atoms with Gasteiger partial charge in [0.15, 0.2) is 0 Å². The van der Waals surface area contributed by atoms with Gasteiger partial charge in [-0.2, -0.15) is 0 Å². The van der Waals surface area contributed by atoms with Crippen LogP contribution in [0, 0.1) is 18.8 Å². The van der Waals surface area contributed by atoms with Crippen LogP contribution < -0.4 is 5.32 Å². The number of hydrogen-bond acceptors (Lipinski definition) is 3. The molecule has 0 unspecified atom stereocenters. The number of amides is 1. The zero-order chi connectivity index (χ0) is 21.0. The van der Waals surface area contributed by atoms with E-state index in [9.17, 15) is 4.79 Å². The number of rotatable bonds is 7. The van der Waals surface area contributed by atoms with Crippen LogP contribution >= 0.6 is 34.5 Å². The lowest BCUT2D eigenvalue weighted by Gasteiger charge is -2.39. The highest BCUT2D eigenvalue weighted by Gasteiger charge is 2.38. The van der Waals surface area contributed by atoms with E-state index in [2.05, 4.69) is 24.1 Å². The minimum atomic E-state index is -0.851. The molecule has 0 spiro atoms. The molecule has 29 heavy (non-hydrogen) atoms. The van der Waals surface area contributed by atoms with Crippen LogP contribution in [0.5, 0.6) is 0 Å². The van der Waals surface area contributed by atoms with Crippen LogP contribution in [0.25, 0.3) is 0 Å². The van der Waals surface area contributed by atoms with E-state index in [1.807, 2.05) is 49.4 Å². The molecule has 0 bridgehead atoms. The maximum Gasteiger partial charge on any atom is 0.261 e. The molecule has 2 heterocycles. The van der Waals surface area contributed by atoms with Crippen molar-refractivity contribution in [2.75, 3.05) is 19.6 Å². The second-order valence-electron chi connectivity index (χ2n) is 8.30. The van der Waals surface area contributed by atoms with Crippen molar-refractivity contribution in [2.45, 2.75) is 44.0 Å². The van der Waals surface area contributed by atoms with Gasteiger partial charge in [-0.3, -0.25) is 4.79 Å². The number of nitrogens with one attached hydrogen (secondary N) is 1. The molecule has 1 aromatic heterocycles. The van der Waals surface area contributed by atoms with Crippen molar-refractivity contribution in [1.82, 2.24) is 10.2 Å². The molecule has 1 N–H and O–H groups in total. The van der Waals surface area contributed by atoms with Gasteiger partial charge in [-0.25, -0.2) is 0 Å². The molecule has 1 fully saturated rings. The molecule has 158 valence electrons. The van der Waals surface area contributed by atoms with Crippen LogP contribution in [-0.4, -0.2) is 36.5 Å². The summed E-state index contributed by atoms with van der Waals surface area (Å²) in [5.74, 6) is 0.620. The Kier molecular flexibility index (Phi) is 7.66. The van der Waals surface area contributed by atoms with Gasteiger partial charge in [-0.05, 0) is 62.4 Å². The first-order valence-corrected chi connectivity index (χ1v) is 11.9. The number of benzene rings is 1. The second-order valence-corrected chi connectivity index (χ2v) is 11.0. The summed E-state index contributed by atoms with van der Waals surface area (Å²) in [6, 6.07) is 14.0. The van der Waals surface area contributed by atoms with Crippen molar-refractivity contribution in [3.8, 4) is 0 Å². The SMILES string of the molecule is Cc1ccc(C(=O)N[C@@H](CN2CCC(C(Cl)(Cl)c3ccccc3)CC2)C(C)C)s1. The fourth-order valence-corrected chi connectivity index (χ4v) is 5.33. The van der Waals surface area contributed by atoms with E-state index >= 15 is 0 Å². The van der Waals surface area contributed by atoms with Crippen LogP contribution in [0.3, 0.4) is 0 Å². The van der Waals surface area contributed by atoms with Crippen LogP contribution in [0.2, 0.25) is 0 Å². The monoisotopic (exact) mass is 452 g/mol. The molecule has 3 nitrogen and oxygen atoms in total. The molecule has 1 amide bonds. The fourth-order valence-electron chi connectivity index (χ4n) is 3.87. The molecule has 0 aliphatic carbocycles. The summed E-state index contributed by atoms with van der Waals surface area (Å²) in [7, 11) is 0. The first-order valence-electron chi connectivity index (χ1n) is 10.3. The topological polar surface area (TPSA) is 32.3 Å². The van der Waals surface area contributed by atoms with Gasteiger partial charge in [0.05, 0.1) is 4.88 Å². The molecule has 0 saturated carbocycles. The Morgan fingerprint density at radius 2 is 1.83 bits per heavy atom. The summed E-state index contributed by atoms with van der Waals surface area (Å²) < 4.78 is -0.851.